The number of anilines is 1. The molecule has 3 aromatic rings. The molecule has 4 N–H and O–H groups in total. The summed E-state index contributed by atoms with van der Waals surface area (Å²) in [5.74, 6) is -0.302. The molecule has 0 fully saturated rings. The molecule has 0 saturated carbocycles. The highest BCUT2D eigenvalue weighted by molar-refractivity contribution is 5.86. The predicted molar refractivity (Wildman–Crippen MR) is 129 cm³/mol. The number of hydrogen-bond donors (Lipinski definition) is 4. The van der Waals surface area contributed by atoms with E-state index in [9.17, 15) is 14.7 Å². The first kappa shape index (κ1) is 25.1. The van der Waals surface area contributed by atoms with Crippen molar-refractivity contribution in [3.63, 3.8) is 0 Å². The predicted octanol–water partition coefficient (Wildman–Crippen LogP) is 4.51. The third-order valence-corrected chi connectivity index (χ3v) is 4.92. The van der Waals surface area contributed by atoms with Gasteiger partial charge in [0, 0.05) is 17.3 Å². The second kappa shape index (κ2) is 12.1. The number of benzene rings is 3. The van der Waals surface area contributed by atoms with Gasteiger partial charge in [0.25, 0.3) is 5.91 Å². The largest absolute Gasteiger partial charge is 0.504 e. The van der Waals surface area contributed by atoms with Crippen LogP contribution in [0.4, 0.5) is 10.5 Å². The van der Waals surface area contributed by atoms with Gasteiger partial charge in [-0.15, -0.1) is 0 Å². The zero-order valence-electron chi connectivity index (χ0n) is 19.2. The summed E-state index contributed by atoms with van der Waals surface area (Å²) in [5, 5.41) is 21.9. The Bertz CT molecular complexity index is 1160. The number of phenols is 1. The first-order valence-corrected chi connectivity index (χ1v) is 10.6. The molecule has 0 saturated heterocycles. The van der Waals surface area contributed by atoms with Crippen LogP contribution < -0.4 is 20.3 Å². The van der Waals surface area contributed by atoms with Gasteiger partial charge in [-0.1, -0.05) is 42.0 Å². The van der Waals surface area contributed by atoms with Crippen molar-refractivity contribution in [3.8, 4) is 17.2 Å². The standard InChI is InChI=1S/C26H26N2O7/c1-17-8-11-19(12-9-17)27-26(31)35-25(18-10-13-22(33-2)21(29)16-18)23(14-15-24(30)28-32)34-20-6-4-3-5-7-20/h3-16,23,25,29,32H,1-2H3,(H,27,31)(H,28,30)/b15-14+/t23-,25-/m0/s1. The molecule has 0 unspecified atom stereocenters. The molecule has 0 aliphatic carbocycles. The summed E-state index contributed by atoms with van der Waals surface area (Å²) in [6, 6.07) is 20.4. The van der Waals surface area contributed by atoms with Crippen molar-refractivity contribution in [2.24, 2.45) is 0 Å². The van der Waals surface area contributed by atoms with Crippen LogP contribution in [0.3, 0.4) is 0 Å². The average Bonchev–Trinajstić information content (AvgIpc) is 2.87. The SMILES string of the molecule is COc1ccc([C@H](OC(=O)Nc2ccc(C)cc2)[C@H](/C=C/C(=O)NO)Oc2ccccc2)cc1O. The zero-order valence-corrected chi connectivity index (χ0v) is 19.2. The molecule has 182 valence electrons. The molecule has 0 radical (unpaired) electrons. The molecule has 0 aliphatic heterocycles. The Balaban J connectivity index is 1.97. The fourth-order valence-corrected chi connectivity index (χ4v) is 3.19. The number of carbonyl (C=O) groups excluding carboxylic acids is 2. The third-order valence-electron chi connectivity index (χ3n) is 4.92. The molecule has 0 heterocycles. The Kier molecular flexibility index (Phi) is 8.69. The molecule has 35 heavy (non-hydrogen) atoms. The Labute approximate surface area is 202 Å². The Morgan fingerprint density at radius 2 is 1.71 bits per heavy atom. The van der Waals surface area contributed by atoms with E-state index in [0.717, 1.165) is 11.6 Å². The first-order valence-electron chi connectivity index (χ1n) is 10.6. The normalized spacial score (nSPS) is 12.4. The quantitative estimate of drug-likeness (QED) is 0.203. The van der Waals surface area contributed by atoms with Crippen molar-refractivity contribution in [2.75, 3.05) is 12.4 Å². The molecule has 2 amide bonds. The van der Waals surface area contributed by atoms with Crippen LogP contribution >= 0.6 is 0 Å². The maximum Gasteiger partial charge on any atom is 0.412 e. The lowest BCUT2D eigenvalue weighted by Crippen LogP contribution is -2.30. The van der Waals surface area contributed by atoms with Crippen molar-refractivity contribution in [2.45, 2.75) is 19.1 Å². The van der Waals surface area contributed by atoms with Gasteiger partial charge in [0.2, 0.25) is 0 Å². The average molecular weight is 479 g/mol. The summed E-state index contributed by atoms with van der Waals surface area (Å²) in [6.45, 7) is 1.93. The molecule has 0 spiro atoms. The van der Waals surface area contributed by atoms with Crippen molar-refractivity contribution >= 4 is 17.7 Å². The minimum Gasteiger partial charge on any atom is -0.504 e. The van der Waals surface area contributed by atoms with Crippen LogP contribution in [0.1, 0.15) is 17.2 Å². The van der Waals surface area contributed by atoms with Gasteiger partial charge in [-0.25, -0.2) is 10.3 Å². The summed E-state index contributed by atoms with van der Waals surface area (Å²) in [7, 11) is 1.41. The van der Waals surface area contributed by atoms with Crippen molar-refractivity contribution in [3.05, 3.63) is 96.1 Å². The number of methoxy groups -OCH3 is 1. The van der Waals surface area contributed by atoms with Crippen molar-refractivity contribution < 1.29 is 34.1 Å². The van der Waals surface area contributed by atoms with Crippen LogP contribution in [-0.2, 0) is 9.53 Å². The number of amides is 2. The molecule has 0 bridgehead atoms. The van der Waals surface area contributed by atoms with Crippen LogP contribution in [0.15, 0.2) is 84.9 Å². The highest BCUT2D eigenvalue weighted by atomic mass is 16.6. The number of rotatable bonds is 9. The Morgan fingerprint density at radius 1 is 1.00 bits per heavy atom. The summed E-state index contributed by atoms with van der Waals surface area (Å²) >= 11 is 0. The summed E-state index contributed by atoms with van der Waals surface area (Å²) < 4.78 is 16.9. The van der Waals surface area contributed by atoms with E-state index in [1.165, 1.54) is 30.8 Å². The molecule has 3 rings (SSSR count). The molecular formula is C26H26N2O7. The molecule has 2 atom stereocenters. The van der Waals surface area contributed by atoms with E-state index < -0.39 is 24.2 Å². The number of hydroxylamine groups is 1. The highest BCUT2D eigenvalue weighted by Crippen LogP contribution is 2.33. The van der Waals surface area contributed by atoms with E-state index in [1.807, 2.05) is 19.1 Å². The second-order valence-electron chi connectivity index (χ2n) is 7.48. The number of aryl methyl sites for hydroxylation is 1. The maximum atomic E-state index is 12.8. The van der Waals surface area contributed by atoms with E-state index in [-0.39, 0.29) is 11.5 Å². The minimum absolute atomic E-state index is 0.173. The summed E-state index contributed by atoms with van der Waals surface area (Å²) in [6.07, 6.45) is -0.531. The van der Waals surface area contributed by atoms with E-state index in [4.69, 9.17) is 19.4 Å². The molecule has 9 heteroatoms. The zero-order chi connectivity index (χ0) is 25.2. The van der Waals surface area contributed by atoms with Crippen molar-refractivity contribution in [1.29, 1.82) is 0 Å². The van der Waals surface area contributed by atoms with Crippen LogP contribution in [0, 0.1) is 6.92 Å². The van der Waals surface area contributed by atoms with Crippen LogP contribution in [0.5, 0.6) is 17.2 Å². The van der Waals surface area contributed by atoms with Crippen LogP contribution in [0.25, 0.3) is 0 Å². The summed E-state index contributed by atoms with van der Waals surface area (Å²) in [4.78, 5) is 24.5. The van der Waals surface area contributed by atoms with Gasteiger partial charge in [-0.05, 0) is 49.4 Å². The van der Waals surface area contributed by atoms with Gasteiger partial charge in [0.1, 0.15) is 5.75 Å². The minimum atomic E-state index is -1.11. The number of ether oxygens (including phenoxy) is 3. The fraction of sp³-hybridized carbons (Fsp3) is 0.154. The van der Waals surface area contributed by atoms with E-state index in [2.05, 4.69) is 5.32 Å². The number of aromatic hydroxyl groups is 1. The third kappa shape index (κ3) is 7.24. The number of hydrogen-bond acceptors (Lipinski definition) is 7. The Morgan fingerprint density at radius 3 is 2.34 bits per heavy atom. The van der Waals surface area contributed by atoms with Gasteiger partial charge < -0.3 is 19.3 Å². The lowest BCUT2D eigenvalue weighted by atomic mass is 10.0. The van der Waals surface area contributed by atoms with Crippen LogP contribution in [-0.4, -0.2) is 35.5 Å². The number of phenolic OH excluding ortho intramolecular Hbond substituents is 1. The van der Waals surface area contributed by atoms with Gasteiger partial charge >= 0.3 is 6.09 Å². The number of carbonyl (C=O) groups is 2. The molecule has 0 aromatic heterocycles. The van der Waals surface area contributed by atoms with E-state index in [1.54, 1.807) is 48.5 Å². The Hall–Kier alpha value is -4.50. The highest BCUT2D eigenvalue weighted by Gasteiger charge is 2.29. The number of para-hydroxylation sites is 1. The van der Waals surface area contributed by atoms with Crippen LogP contribution in [0.2, 0.25) is 0 Å². The molecule has 3 aromatic carbocycles. The molecule has 9 nitrogen and oxygen atoms in total. The smallest absolute Gasteiger partial charge is 0.412 e. The topological polar surface area (TPSA) is 126 Å². The summed E-state index contributed by atoms with van der Waals surface area (Å²) in [5.41, 5.74) is 3.43. The van der Waals surface area contributed by atoms with Gasteiger partial charge in [-0.2, -0.15) is 0 Å². The fourth-order valence-electron chi connectivity index (χ4n) is 3.19. The number of nitrogens with one attached hydrogen (secondary N) is 2. The molecule has 0 aliphatic rings. The second-order valence-corrected chi connectivity index (χ2v) is 7.48. The van der Waals surface area contributed by atoms with Gasteiger partial charge in [-0.3, -0.25) is 15.3 Å². The molecular weight excluding hydrogens is 452 g/mol. The van der Waals surface area contributed by atoms with E-state index in [0.29, 0.717) is 17.0 Å². The monoisotopic (exact) mass is 478 g/mol. The van der Waals surface area contributed by atoms with Gasteiger partial charge in [0.15, 0.2) is 23.7 Å². The first-order chi connectivity index (χ1) is 16.9. The van der Waals surface area contributed by atoms with E-state index >= 15 is 0 Å². The lowest BCUT2D eigenvalue weighted by Gasteiger charge is -2.26. The van der Waals surface area contributed by atoms with Gasteiger partial charge in [0.05, 0.1) is 7.11 Å². The maximum absolute atomic E-state index is 12.8. The van der Waals surface area contributed by atoms with Crippen molar-refractivity contribution in [1.82, 2.24) is 5.48 Å². The lowest BCUT2D eigenvalue weighted by molar-refractivity contribution is -0.124.